The van der Waals surface area contributed by atoms with E-state index in [1.807, 2.05) is 4.90 Å². The molecule has 0 unspecified atom stereocenters. The molecule has 2 heterocycles. The molecule has 4 rings (SSSR count). The van der Waals surface area contributed by atoms with Crippen molar-refractivity contribution in [3.8, 4) is 0 Å². The molecule has 0 saturated carbocycles. The third-order valence-electron chi connectivity index (χ3n) is 4.90. The van der Waals surface area contributed by atoms with E-state index in [0.717, 1.165) is 25.0 Å². The van der Waals surface area contributed by atoms with Crippen molar-refractivity contribution in [2.24, 2.45) is 0 Å². The summed E-state index contributed by atoms with van der Waals surface area (Å²) in [7, 11) is -4.16. The molecule has 9 heteroatoms. The SMILES string of the molecule is O=S(=O)(Nc1cc(C(F)(F)F)ccc1N1CCCC1)c1cccc2cccnc12. The van der Waals surface area contributed by atoms with E-state index in [1.165, 1.54) is 18.3 Å². The zero-order valence-electron chi connectivity index (χ0n) is 15.3. The molecule has 5 nitrogen and oxygen atoms in total. The lowest BCUT2D eigenvalue weighted by Crippen LogP contribution is -2.22. The fourth-order valence-electron chi connectivity index (χ4n) is 3.52. The molecule has 0 atom stereocenters. The van der Waals surface area contributed by atoms with Crippen LogP contribution in [0.2, 0.25) is 0 Å². The predicted molar refractivity (Wildman–Crippen MR) is 105 cm³/mol. The molecular formula is C20H18F3N3O2S. The van der Waals surface area contributed by atoms with Gasteiger partial charge in [-0.2, -0.15) is 13.2 Å². The van der Waals surface area contributed by atoms with Crippen LogP contribution in [-0.2, 0) is 16.2 Å². The van der Waals surface area contributed by atoms with E-state index < -0.39 is 21.8 Å². The van der Waals surface area contributed by atoms with Crippen molar-refractivity contribution in [2.45, 2.75) is 23.9 Å². The second-order valence-electron chi connectivity index (χ2n) is 6.86. The standard InChI is InChI=1S/C20H18F3N3O2S/c21-20(22,23)15-8-9-17(26-11-1-2-12-26)16(13-15)25-29(27,28)18-7-3-5-14-6-4-10-24-19(14)18/h3-10,13,25H,1-2,11-12H2. The summed E-state index contributed by atoms with van der Waals surface area (Å²) in [5.41, 5.74) is -0.298. The molecule has 0 spiro atoms. The number of hydrogen-bond donors (Lipinski definition) is 1. The highest BCUT2D eigenvalue weighted by Gasteiger charge is 2.32. The Hall–Kier alpha value is -2.81. The number of nitrogens with one attached hydrogen (secondary N) is 1. The minimum atomic E-state index is -4.58. The van der Waals surface area contributed by atoms with Gasteiger partial charge in [-0.3, -0.25) is 9.71 Å². The van der Waals surface area contributed by atoms with Gasteiger partial charge in [0, 0.05) is 24.7 Å². The maximum Gasteiger partial charge on any atom is 0.416 e. The normalized spacial score (nSPS) is 15.1. The lowest BCUT2D eigenvalue weighted by atomic mass is 10.1. The molecular weight excluding hydrogens is 403 g/mol. The van der Waals surface area contributed by atoms with Gasteiger partial charge in [0.1, 0.15) is 4.90 Å². The van der Waals surface area contributed by atoms with Crippen LogP contribution in [0.1, 0.15) is 18.4 Å². The smallest absolute Gasteiger partial charge is 0.370 e. The summed E-state index contributed by atoms with van der Waals surface area (Å²) in [4.78, 5) is 5.94. The highest BCUT2D eigenvalue weighted by atomic mass is 32.2. The van der Waals surface area contributed by atoms with Crippen molar-refractivity contribution < 1.29 is 21.6 Å². The van der Waals surface area contributed by atoms with E-state index in [0.29, 0.717) is 24.2 Å². The van der Waals surface area contributed by atoms with Gasteiger partial charge in [0.15, 0.2) is 0 Å². The number of alkyl halides is 3. The highest BCUT2D eigenvalue weighted by Crippen LogP contribution is 2.37. The van der Waals surface area contributed by atoms with E-state index >= 15 is 0 Å². The van der Waals surface area contributed by atoms with E-state index in [4.69, 9.17) is 0 Å². The summed E-state index contributed by atoms with van der Waals surface area (Å²) in [6.45, 7) is 1.33. The predicted octanol–water partition coefficient (Wildman–Crippen LogP) is 4.65. The molecule has 1 aromatic heterocycles. The first-order chi connectivity index (χ1) is 13.8. The van der Waals surface area contributed by atoms with Crippen LogP contribution in [0.4, 0.5) is 24.5 Å². The fraction of sp³-hybridized carbons (Fsp3) is 0.250. The second-order valence-corrected chi connectivity index (χ2v) is 8.51. The first-order valence-electron chi connectivity index (χ1n) is 9.08. The van der Waals surface area contributed by atoms with Gasteiger partial charge in [-0.25, -0.2) is 8.42 Å². The summed E-state index contributed by atoms with van der Waals surface area (Å²) in [5, 5.41) is 0.624. The lowest BCUT2D eigenvalue weighted by Gasteiger charge is -2.23. The van der Waals surface area contributed by atoms with Gasteiger partial charge >= 0.3 is 6.18 Å². The van der Waals surface area contributed by atoms with Crippen LogP contribution in [0.3, 0.4) is 0 Å². The first-order valence-corrected chi connectivity index (χ1v) is 10.6. The molecule has 152 valence electrons. The number of hydrogen-bond acceptors (Lipinski definition) is 4. The van der Waals surface area contributed by atoms with Crippen molar-refractivity contribution in [3.05, 3.63) is 60.3 Å². The number of sulfonamides is 1. The molecule has 0 aliphatic carbocycles. The van der Waals surface area contributed by atoms with E-state index in [2.05, 4.69) is 9.71 Å². The maximum atomic E-state index is 13.2. The monoisotopic (exact) mass is 421 g/mol. The number of pyridine rings is 1. The Morgan fingerprint density at radius 1 is 1.00 bits per heavy atom. The van der Waals surface area contributed by atoms with Gasteiger partial charge in [0.25, 0.3) is 10.0 Å². The summed E-state index contributed by atoms with van der Waals surface area (Å²) in [6, 6.07) is 11.3. The number of fused-ring (bicyclic) bond motifs is 1. The molecule has 0 amide bonds. The number of para-hydroxylation sites is 1. The third kappa shape index (κ3) is 3.87. The zero-order chi connectivity index (χ0) is 20.6. The van der Waals surface area contributed by atoms with E-state index in [-0.39, 0.29) is 16.1 Å². The summed E-state index contributed by atoms with van der Waals surface area (Å²) in [6.07, 6.45) is -1.30. The zero-order valence-corrected chi connectivity index (χ0v) is 16.1. The van der Waals surface area contributed by atoms with Crippen LogP contribution < -0.4 is 9.62 Å². The maximum absolute atomic E-state index is 13.2. The van der Waals surface area contributed by atoms with Crippen LogP contribution in [0.5, 0.6) is 0 Å². The molecule has 1 saturated heterocycles. The molecule has 1 fully saturated rings. The van der Waals surface area contributed by atoms with Crippen molar-refractivity contribution in [2.75, 3.05) is 22.7 Å². The Kier molecular flexibility index (Phi) is 4.85. The van der Waals surface area contributed by atoms with Crippen molar-refractivity contribution in [1.82, 2.24) is 4.98 Å². The quantitative estimate of drug-likeness (QED) is 0.666. The van der Waals surface area contributed by atoms with Gasteiger partial charge in [-0.15, -0.1) is 0 Å². The van der Waals surface area contributed by atoms with Crippen molar-refractivity contribution in [3.63, 3.8) is 0 Å². The molecule has 1 aliphatic heterocycles. The topological polar surface area (TPSA) is 62.3 Å². The minimum Gasteiger partial charge on any atom is -0.370 e. The molecule has 1 aliphatic rings. The number of benzene rings is 2. The first kappa shape index (κ1) is 19.5. The molecule has 29 heavy (non-hydrogen) atoms. The Labute approximate surface area is 166 Å². The number of halogens is 3. The number of aromatic nitrogens is 1. The number of rotatable bonds is 4. The summed E-state index contributed by atoms with van der Waals surface area (Å²) < 4.78 is 68.3. The van der Waals surface area contributed by atoms with Gasteiger partial charge in [0.2, 0.25) is 0 Å². The average molecular weight is 421 g/mol. The van der Waals surface area contributed by atoms with Gasteiger partial charge < -0.3 is 4.90 Å². The lowest BCUT2D eigenvalue weighted by molar-refractivity contribution is -0.137. The molecule has 1 N–H and O–H groups in total. The Morgan fingerprint density at radius 2 is 1.72 bits per heavy atom. The van der Waals surface area contributed by atoms with Crippen LogP contribution in [-0.4, -0.2) is 26.5 Å². The Bertz CT molecular complexity index is 1150. The molecule has 0 bridgehead atoms. The molecule has 0 radical (unpaired) electrons. The largest absolute Gasteiger partial charge is 0.416 e. The van der Waals surface area contributed by atoms with E-state index in [9.17, 15) is 21.6 Å². The van der Waals surface area contributed by atoms with Crippen LogP contribution in [0.25, 0.3) is 10.9 Å². The average Bonchev–Trinajstić information content (AvgIpc) is 3.21. The van der Waals surface area contributed by atoms with Crippen LogP contribution in [0.15, 0.2) is 59.6 Å². The van der Waals surface area contributed by atoms with Gasteiger partial charge in [-0.05, 0) is 43.2 Å². The van der Waals surface area contributed by atoms with Gasteiger partial charge in [0.05, 0.1) is 22.5 Å². The third-order valence-corrected chi connectivity index (χ3v) is 6.30. The number of anilines is 2. The Balaban J connectivity index is 1.81. The highest BCUT2D eigenvalue weighted by molar-refractivity contribution is 7.93. The van der Waals surface area contributed by atoms with E-state index in [1.54, 1.807) is 24.3 Å². The number of nitrogens with zero attached hydrogens (tertiary/aromatic N) is 2. The molecule has 2 aromatic carbocycles. The Morgan fingerprint density at radius 3 is 2.45 bits per heavy atom. The second kappa shape index (κ2) is 7.22. The summed E-state index contributed by atoms with van der Waals surface area (Å²) in [5.74, 6) is 0. The van der Waals surface area contributed by atoms with Crippen molar-refractivity contribution in [1.29, 1.82) is 0 Å². The summed E-state index contributed by atoms with van der Waals surface area (Å²) >= 11 is 0. The van der Waals surface area contributed by atoms with Crippen LogP contribution >= 0.6 is 0 Å². The van der Waals surface area contributed by atoms with Crippen molar-refractivity contribution >= 4 is 32.3 Å². The fourth-order valence-corrected chi connectivity index (χ4v) is 4.77. The minimum absolute atomic E-state index is 0.0830. The molecule has 3 aromatic rings. The van der Waals surface area contributed by atoms with Gasteiger partial charge in [-0.1, -0.05) is 18.2 Å². The van der Waals surface area contributed by atoms with Crippen LogP contribution in [0, 0.1) is 0 Å².